The molecule has 2 nitrogen and oxygen atoms in total. The number of Topliss-reactive ketones (excluding diaryl/α,β-unsaturated/α-hetero) is 1. The first kappa shape index (κ1) is 27.0. The molecule has 0 unspecified atom stereocenters. The van der Waals surface area contributed by atoms with Gasteiger partial charge in [-0.15, -0.1) is 0 Å². The Morgan fingerprint density at radius 3 is 2.20 bits per heavy atom. The van der Waals surface area contributed by atoms with Gasteiger partial charge in [0.25, 0.3) is 0 Å². The van der Waals surface area contributed by atoms with Gasteiger partial charge in [0.1, 0.15) is 12.4 Å². The van der Waals surface area contributed by atoms with Crippen molar-refractivity contribution in [3.63, 3.8) is 0 Å². The third-order valence-electron chi connectivity index (χ3n) is 7.12. The number of carbonyl (C=O) groups is 1. The lowest BCUT2D eigenvalue weighted by Crippen LogP contribution is -2.05. The van der Waals surface area contributed by atoms with Crippen LogP contribution in [0.5, 0.6) is 5.75 Å². The molecule has 0 saturated heterocycles. The van der Waals surface area contributed by atoms with E-state index in [1.54, 1.807) is 0 Å². The number of hydrogen-bond donors (Lipinski definition) is 0. The van der Waals surface area contributed by atoms with E-state index in [-0.39, 0.29) is 5.78 Å². The zero-order valence-corrected chi connectivity index (χ0v) is 22.2. The highest BCUT2D eigenvalue weighted by Gasteiger charge is 2.10. The minimum atomic E-state index is 0.226. The highest BCUT2D eigenvalue weighted by molar-refractivity contribution is 5.96. The summed E-state index contributed by atoms with van der Waals surface area (Å²) in [7, 11) is 0. The molecular weight excluding hydrogens is 428 g/mol. The third kappa shape index (κ3) is 8.84. The van der Waals surface area contributed by atoms with Crippen LogP contribution in [0.2, 0.25) is 0 Å². The molecule has 3 rings (SSSR count). The summed E-state index contributed by atoms with van der Waals surface area (Å²) in [5.41, 5.74) is 3.29. The van der Waals surface area contributed by atoms with Crippen molar-refractivity contribution < 1.29 is 9.53 Å². The zero-order chi connectivity index (χ0) is 24.9. The van der Waals surface area contributed by atoms with Crippen LogP contribution in [0.4, 0.5) is 0 Å². The van der Waals surface area contributed by atoms with E-state index in [4.69, 9.17) is 4.74 Å². The van der Waals surface area contributed by atoms with Crippen LogP contribution in [-0.2, 0) is 13.0 Å². The molecule has 0 bridgehead atoms. The standard InChI is InChI=1S/C33H44O2/c1-4-6-7-8-9-10-11-12-14-27-19-22-31-30(24-27)15-13-16-33(31)35-25-28-17-20-29(21-18-28)32(34)23-26(3)5-2/h13,15-22,24,26H,4-12,14,23,25H2,1-3H3/t26-/m1/s1. The van der Waals surface area contributed by atoms with Gasteiger partial charge in [-0.1, -0.05) is 127 Å². The molecule has 3 aromatic carbocycles. The van der Waals surface area contributed by atoms with Gasteiger partial charge in [-0.2, -0.15) is 0 Å². The largest absolute Gasteiger partial charge is 0.488 e. The van der Waals surface area contributed by atoms with E-state index in [1.807, 2.05) is 30.3 Å². The fourth-order valence-corrected chi connectivity index (χ4v) is 4.57. The molecule has 0 aliphatic carbocycles. The Kier molecular flexibility index (Phi) is 11.3. The summed E-state index contributed by atoms with van der Waals surface area (Å²) in [6.07, 6.45) is 13.6. The minimum Gasteiger partial charge on any atom is -0.488 e. The van der Waals surface area contributed by atoms with Crippen LogP contribution in [0, 0.1) is 5.92 Å². The van der Waals surface area contributed by atoms with Crippen molar-refractivity contribution in [2.24, 2.45) is 5.92 Å². The van der Waals surface area contributed by atoms with Gasteiger partial charge in [-0.25, -0.2) is 0 Å². The zero-order valence-electron chi connectivity index (χ0n) is 22.2. The van der Waals surface area contributed by atoms with Gasteiger partial charge in [0, 0.05) is 17.4 Å². The molecule has 3 aromatic rings. The Balaban J connectivity index is 1.50. The fraction of sp³-hybridized carbons (Fsp3) is 0.485. The van der Waals surface area contributed by atoms with Crippen molar-refractivity contribution in [2.45, 2.75) is 98.0 Å². The van der Waals surface area contributed by atoms with Crippen LogP contribution in [0.25, 0.3) is 10.8 Å². The van der Waals surface area contributed by atoms with Gasteiger partial charge < -0.3 is 4.74 Å². The lowest BCUT2D eigenvalue weighted by atomic mass is 9.97. The topological polar surface area (TPSA) is 26.3 Å². The summed E-state index contributed by atoms with van der Waals surface area (Å²) in [5, 5.41) is 2.40. The average Bonchev–Trinajstić information content (AvgIpc) is 2.89. The number of ketones is 1. The molecule has 0 aromatic heterocycles. The second-order valence-electron chi connectivity index (χ2n) is 10.2. The number of benzene rings is 3. The molecule has 2 heteroatoms. The van der Waals surface area contributed by atoms with Crippen molar-refractivity contribution in [1.29, 1.82) is 0 Å². The third-order valence-corrected chi connectivity index (χ3v) is 7.12. The SMILES string of the molecule is CCCCCCCCCCc1ccc2c(OCc3ccc(C(=O)C[C@H](C)CC)cc3)cccc2c1. The number of aryl methyl sites for hydroxylation is 1. The molecular formula is C33H44O2. The molecule has 0 fully saturated rings. The van der Waals surface area contributed by atoms with E-state index in [1.165, 1.54) is 62.3 Å². The van der Waals surface area contributed by atoms with Crippen molar-refractivity contribution >= 4 is 16.6 Å². The van der Waals surface area contributed by atoms with Crippen molar-refractivity contribution in [3.05, 3.63) is 77.4 Å². The summed E-state index contributed by atoms with van der Waals surface area (Å²) in [6, 6.07) is 21.0. The molecule has 0 radical (unpaired) electrons. The smallest absolute Gasteiger partial charge is 0.163 e. The molecule has 0 amide bonds. The molecule has 35 heavy (non-hydrogen) atoms. The maximum atomic E-state index is 12.4. The Morgan fingerprint density at radius 2 is 1.49 bits per heavy atom. The first-order valence-corrected chi connectivity index (χ1v) is 13.9. The molecule has 0 aliphatic rings. The van der Waals surface area contributed by atoms with E-state index in [0.29, 0.717) is 18.9 Å². The minimum absolute atomic E-state index is 0.226. The van der Waals surface area contributed by atoms with Crippen molar-refractivity contribution in [3.8, 4) is 5.75 Å². The number of fused-ring (bicyclic) bond motifs is 1. The second kappa shape index (κ2) is 14.7. The maximum absolute atomic E-state index is 12.4. The number of hydrogen-bond acceptors (Lipinski definition) is 2. The Labute approximate surface area is 213 Å². The maximum Gasteiger partial charge on any atom is 0.163 e. The summed E-state index contributed by atoms with van der Waals surface area (Å²) >= 11 is 0. The van der Waals surface area contributed by atoms with E-state index in [9.17, 15) is 4.79 Å². The summed E-state index contributed by atoms with van der Waals surface area (Å²) in [4.78, 5) is 12.4. The van der Waals surface area contributed by atoms with E-state index < -0.39 is 0 Å². The van der Waals surface area contributed by atoms with Gasteiger partial charge in [0.2, 0.25) is 0 Å². The quantitative estimate of drug-likeness (QED) is 0.153. The predicted octanol–water partition coefficient (Wildman–Crippen LogP) is 9.72. The molecule has 0 N–H and O–H groups in total. The summed E-state index contributed by atoms with van der Waals surface area (Å²) in [5.74, 6) is 1.57. The average molecular weight is 473 g/mol. The summed E-state index contributed by atoms with van der Waals surface area (Å²) in [6.45, 7) is 7.03. The van der Waals surface area contributed by atoms with Gasteiger partial charge >= 0.3 is 0 Å². The lowest BCUT2D eigenvalue weighted by molar-refractivity contribution is 0.0963. The van der Waals surface area contributed by atoms with Crippen LogP contribution in [0.3, 0.4) is 0 Å². The van der Waals surface area contributed by atoms with Crippen molar-refractivity contribution in [2.75, 3.05) is 0 Å². The Hall–Kier alpha value is -2.61. The van der Waals surface area contributed by atoms with Gasteiger partial charge in [0.05, 0.1) is 0 Å². The molecule has 1 atom stereocenters. The van der Waals surface area contributed by atoms with E-state index in [0.717, 1.165) is 35.1 Å². The Morgan fingerprint density at radius 1 is 0.800 bits per heavy atom. The monoisotopic (exact) mass is 472 g/mol. The lowest BCUT2D eigenvalue weighted by Gasteiger charge is -2.11. The van der Waals surface area contributed by atoms with Crippen molar-refractivity contribution in [1.82, 2.24) is 0 Å². The highest BCUT2D eigenvalue weighted by atomic mass is 16.5. The number of rotatable bonds is 16. The molecule has 0 aliphatic heterocycles. The van der Waals surface area contributed by atoms with Gasteiger partial charge in [-0.3, -0.25) is 4.79 Å². The number of unbranched alkanes of at least 4 members (excludes halogenated alkanes) is 7. The number of ether oxygens (including phenoxy) is 1. The molecule has 0 heterocycles. The fourth-order valence-electron chi connectivity index (χ4n) is 4.57. The van der Waals surface area contributed by atoms with Crippen LogP contribution < -0.4 is 4.74 Å². The first-order chi connectivity index (χ1) is 17.1. The van der Waals surface area contributed by atoms with Crippen LogP contribution >= 0.6 is 0 Å². The van der Waals surface area contributed by atoms with E-state index >= 15 is 0 Å². The Bertz CT molecular complexity index is 1030. The first-order valence-electron chi connectivity index (χ1n) is 13.9. The van der Waals surface area contributed by atoms with Crippen LogP contribution in [0.15, 0.2) is 60.7 Å². The summed E-state index contributed by atoms with van der Waals surface area (Å²) < 4.78 is 6.20. The predicted molar refractivity (Wildman–Crippen MR) is 149 cm³/mol. The molecule has 0 spiro atoms. The van der Waals surface area contributed by atoms with Crippen LogP contribution in [-0.4, -0.2) is 5.78 Å². The van der Waals surface area contributed by atoms with Gasteiger partial charge in [0.15, 0.2) is 5.78 Å². The molecule has 0 saturated carbocycles. The molecule has 188 valence electrons. The van der Waals surface area contributed by atoms with E-state index in [2.05, 4.69) is 51.1 Å². The second-order valence-corrected chi connectivity index (χ2v) is 10.2. The normalized spacial score (nSPS) is 12.1. The number of carbonyl (C=O) groups excluding carboxylic acids is 1. The van der Waals surface area contributed by atoms with Gasteiger partial charge in [-0.05, 0) is 41.3 Å². The highest BCUT2D eigenvalue weighted by Crippen LogP contribution is 2.28. The van der Waals surface area contributed by atoms with Crippen LogP contribution in [0.1, 0.15) is 106 Å².